The van der Waals surface area contributed by atoms with Crippen LogP contribution in [0.2, 0.25) is 0 Å². The van der Waals surface area contributed by atoms with Gasteiger partial charge in [0.2, 0.25) is 10.0 Å². The summed E-state index contributed by atoms with van der Waals surface area (Å²) in [5.41, 5.74) is 9.56. The number of hydrogen-bond donors (Lipinski definition) is 3. The van der Waals surface area contributed by atoms with E-state index >= 15 is 0 Å². The number of H-pyrrole nitrogens is 1. The van der Waals surface area contributed by atoms with Gasteiger partial charge in [-0.25, -0.2) is 18.1 Å². The fourth-order valence-electron chi connectivity index (χ4n) is 3.02. The number of aromatic nitrogens is 5. The summed E-state index contributed by atoms with van der Waals surface area (Å²) in [5.74, 6) is 0.416. The van der Waals surface area contributed by atoms with Gasteiger partial charge in [0, 0.05) is 36.4 Å². The molecule has 0 spiro atoms. The van der Waals surface area contributed by atoms with Crippen LogP contribution in [0, 0.1) is 0 Å². The van der Waals surface area contributed by atoms with Gasteiger partial charge in [-0.15, -0.1) is 0 Å². The normalized spacial score (nSPS) is 12.2. The van der Waals surface area contributed by atoms with Crippen molar-refractivity contribution in [2.75, 3.05) is 18.5 Å². The van der Waals surface area contributed by atoms with Gasteiger partial charge in [0.15, 0.2) is 0 Å². The molecule has 9 nitrogen and oxygen atoms in total. The highest BCUT2D eigenvalue weighted by Crippen LogP contribution is 2.29. The molecule has 0 amide bonds. The molecule has 4 N–H and O–H groups in total. The van der Waals surface area contributed by atoms with Crippen LogP contribution >= 0.6 is 0 Å². The van der Waals surface area contributed by atoms with Crippen LogP contribution < -0.4 is 10.5 Å². The Balaban J connectivity index is 1.66. The second kappa shape index (κ2) is 6.63. The predicted octanol–water partition coefficient (Wildman–Crippen LogP) is 1.50. The van der Waals surface area contributed by atoms with Gasteiger partial charge in [0.1, 0.15) is 11.3 Å². The van der Waals surface area contributed by atoms with Crippen molar-refractivity contribution in [3.05, 3.63) is 36.7 Å². The molecule has 0 aliphatic rings. The van der Waals surface area contributed by atoms with Gasteiger partial charge in [-0.05, 0) is 24.6 Å². The summed E-state index contributed by atoms with van der Waals surface area (Å²) in [4.78, 5) is 4.51. The summed E-state index contributed by atoms with van der Waals surface area (Å²) in [6.07, 6.45) is 5.31. The highest BCUT2D eigenvalue weighted by atomic mass is 32.2. The number of sulfonamides is 1. The van der Waals surface area contributed by atoms with Gasteiger partial charge < -0.3 is 5.73 Å². The first-order valence-electron chi connectivity index (χ1n) is 8.41. The van der Waals surface area contributed by atoms with Crippen LogP contribution in [0.15, 0.2) is 36.7 Å². The molecule has 140 valence electrons. The zero-order chi connectivity index (χ0) is 19.0. The van der Waals surface area contributed by atoms with Crippen LogP contribution in [0.3, 0.4) is 0 Å². The molecule has 0 radical (unpaired) electrons. The monoisotopic (exact) mass is 385 g/mol. The average Bonchev–Trinajstić information content (AvgIpc) is 3.28. The lowest BCUT2D eigenvalue weighted by Gasteiger charge is -2.04. The van der Waals surface area contributed by atoms with Crippen molar-refractivity contribution in [2.24, 2.45) is 0 Å². The van der Waals surface area contributed by atoms with Crippen LogP contribution in [0.25, 0.3) is 33.1 Å². The minimum Gasteiger partial charge on any atom is -0.383 e. The number of aromatic amines is 1. The molecule has 0 atom stereocenters. The largest absolute Gasteiger partial charge is 0.383 e. The van der Waals surface area contributed by atoms with Gasteiger partial charge >= 0.3 is 0 Å². The molecule has 0 unspecified atom stereocenters. The van der Waals surface area contributed by atoms with Gasteiger partial charge in [-0.2, -0.15) is 10.2 Å². The van der Waals surface area contributed by atoms with Crippen molar-refractivity contribution in [3.63, 3.8) is 0 Å². The van der Waals surface area contributed by atoms with E-state index in [-0.39, 0.29) is 0 Å². The first kappa shape index (κ1) is 17.4. The van der Waals surface area contributed by atoms with E-state index in [2.05, 4.69) is 25.0 Å². The second-order valence-corrected chi connectivity index (χ2v) is 8.21. The summed E-state index contributed by atoms with van der Waals surface area (Å²) in [5, 5.41) is 13.2. The number of anilines is 1. The molecular formula is C17H19N7O2S. The third-order valence-corrected chi connectivity index (χ3v) is 5.00. The average molecular weight is 385 g/mol. The molecule has 0 aliphatic heterocycles. The van der Waals surface area contributed by atoms with Crippen LogP contribution in [-0.2, 0) is 16.6 Å². The van der Waals surface area contributed by atoms with Crippen molar-refractivity contribution in [1.82, 2.24) is 29.7 Å². The van der Waals surface area contributed by atoms with Crippen molar-refractivity contribution in [2.45, 2.75) is 13.0 Å². The summed E-state index contributed by atoms with van der Waals surface area (Å²) >= 11 is 0. The van der Waals surface area contributed by atoms with Gasteiger partial charge in [0.05, 0.1) is 22.9 Å². The van der Waals surface area contributed by atoms with E-state index in [9.17, 15) is 8.42 Å². The van der Waals surface area contributed by atoms with Crippen LogP contribution in [0.1, 0.15) is 6.42 Å². The molecule has 0 aliphatic carbocycles. The number of pyridine rings is 1. The fourth-order valence-corrected chi connectivity index (χ4v) is 3.53. The summed E-state index contributed by atoms with van der Waals surface area (Å²) in [7, 11) is -3.18. The first-order chi connectivity index (χ1) is 12.9. The molecule has 0 saturated carbocycles. The minimum atomic E-state index is -3.18. The zero-order valence-electron chi connectivity index (χ0n) is 14.7. The summed E-state index contributed by atoms with van der Waals surface area (Å²) in [6.45, 7) is 0.932. The number of fused-ring (bicyclic) bond motifs is 3. The molecule has 27 heavy (non-hydrogen) atoms. The van der Waals surface area contributed by atoms with Crippen LogP contribution in [0.4, 0.5) is 5.82 Å². The number of benzene rings is 1. The number of hydrogen-bond acceptors (Lipinski definition) is 6. The van der Waals surface area contributed by atoms with E-state index in [1.54, 1.807) is 10.9 Å². The highest BCUT2D eigenvalue weighted by Gasteiger charge is 2.12. The first-order valence-corrected chi connectivity index (χ1v) is 10.3. The van der Waals surface area contributed by atoms with Crippen molar-refractivity contribution in [3.8, 4) is 11.3 Å². The Hall–Kier alpha value is -2.98. The standard InChI is InChI=1S/C17H19N7O2S/c1-27(25,26)20-6-2-8-24-10-13-16(23-24)12-4-3-11(14-5-7-19-22-14)9-15(12)21-17(13)18/h3-5,7,9-10,20H,2,6,8H2,1H3,(H2,18,21)(H,19,22). The minimum absolute atomic E-state index is 0.358. The third kappa shape index (κ3) is 3.62. The van der Waals surface area contributed by atoms with Crippen molar-refractivity contribution < 1.29 is 8.42 Å². The van der Waals surface area contributed by atoms with E-state index in [0.717, 1.165) is 39.3 Å². The van der Waals surface area contributed by atoms with E-state index < -0.39 is 10.0 Å². The molecule has 4 aromatic rings. The molecule has 3 aromatic heterocycles. The maximum Gasteiger partial charge on any atom is 0.208 e. The number of aryl methyl sites for hydroxylation is 1. The van der Waals surface area contributed by atoms with E-state index in [1.165, 1.54) is 0 Å². The Labute approximate surface area is 155 Å². The van der Waals surface area contributed by atoms with Crippen molar-refractivity contribution >= 4 is 37.6 Å². The summed E-state index contributed by atoms with van der Waals surface area (Å²) < 4.78 is 26.5. The van der Waals surface area contributed by atoms with Gasteiger partial charge in [0.25, 0.3) is 0 Å². The Morgan fingerprint density at radius 1 is 1.26 bits per heavy atom. The molecule has 4 rings (SSSR count). The van der Waals surface area contributed by atoms with E-state index in [4.69, 9.17) is 5.73 Å². The number of nitrogen functional groups attached to an aromatic ring is 1. The Bertz CT molecular complexity index is 1210. The number of nitrogens with two attached hydrogens (primary N) is 1. The quantitative estimate of drug-likeness (QED) is 0.431. The SMILES string of the molecule is CS(=O)(=O)NCCCn1cc2c(N)nc3cc(-c4ccn[nH]4)ccc3c2n1. The molecule has 0 saturated heterocycles. The van der Waals surface area contributed by atoms with Gasteiger partial charge in [-0.1, -0.05) is 6.07 Å². The highest BCUT2D eigenvalue weighted by molar-refractivity contribution is 7.88. The third-order valence-electron chi connectivity index (χ3n) is 4.27. The van der Waals surface area contributed by atoms with Gasteiger partial charge in [-0.3, -0.25) is 9.78 Å². The molecular weight excluding hydrogens is 366 g/mol. The molecule has 1 aromatic carbocycles. The molecule has 0 bridgehead atoms. The number of nitrogens with one attached hydrogen (secondary N) is 2. The summed E-state index contributed by atoms with van der Waals surface area (Å²) in [6, 6.07) is 7.81. The second-order valence-electron chi connectivity index (χ2n) is 6.37. The Morgan fingerprint density at radius 2 is 2.11 bits per heavy atom. The number of nitrogens with zero attached hydrogens (tertiary/aromatic N) is 4. The van der Waals surface area contributed by atoms with Crippen molar-refractivity contribution in [1.29, 1.82) is 0 Å². The molecule has 3 heterocycles. The molecule has 10 heteroatoms. The van der Waals surface area contributed by atoms with Crippen LogP contribution in [-0.4, -0.2) is 46.2 Å². The number of rotatable bonds is 6. The lowest BCUT2D eigenvalue weighted by atomic mass is 10.1. The fraction of sp³-hybridized carbons (Fsp3) is 0.235. The van der Waals surface area contributed by atoms with Crippen LogP contribution in [0.5, 0.6) is 0 Å². The van der Waals surface area contributed by atoms with E-state index in [0.29, 0.717) is 25.3 Å². The Morgan fingerprint density at radius 3 is 2.85 bits per heavy atom. The predicted molar refractivity (Wildman–Crippen MR) is 104 cm³/mol. The zero-order valence-corrected chi connectivity index (χ0v) is 15.5. The maximum atomic E-state index is 11.1. The lowest BCUT2D eigenvalue weighted by Crippen LogP contribution is -2.23. The topological polar surface area (TPSA) is 132 Å². The molecule has 0 fully saturated rings. The Kier molecular flexibility index (Phi) is 4.28. The van der Waals surface area contributed by atoms with E-state index in [1.807, 2.05) is 30.5 Å². The smallest absolute Gasteiger partial charge is 0.208 e. The maximum absolute atomic E-state index is 11.1. The lowest BCUT2D eigenvalue weighted by molar-refractivity contribution is 0.558.